The van der Waals surface area contributed by atoms with Gasteiger partial charge < -0.3 is 13.9 Å². The number of hydrogen-bond donors (Lipinski definition) is 0. The smallest absolute Gasteiger partial charge is 0.420 e. The molecular weight excluding hydrogens is 400 g/mol. The molecule has 0 aliphatic heterocycles. The minimum Gasteiger partial charge on any atom is -0.492 e. The zero-order valence-corrected chi connectivity index (χ0v) is 16.9. The van der Waals surface area contributed by atoms with E-state index in [1.807, 2.05) is 0 Å². The summed E-state index contributed by atoms with van der Waals surface area (Å²) in [6.07, 6.45) is 0. The quantitative estimate of drug-likeness (QED) is 0.536. The summed E-state index contributed by atoms with van der Waals surface area (Å²) in [6.45, 7) is 0.310. The molecule has 9 nitrogen and oxygen atoms in total. The van der Waals surface area contributed by atoms with Crippen LogP contribution in [0.2, 0.25) is 0 Å². The van der Waals surface area contributed by atoms with Crippen molar-refractivity contribution in [3.63, 3.8) is 0 Å². The molecule has 0 atom stereocenters. The lowest BCUT2D eigenvalue weighted by Crippen LogP contribution is -2.22. The number of oxazole rings is 1. The topological polar surface area (TPSA) is 108 Å². The molecule has 0 radical (unpaired) electrons. The number of carbonyl (C=O) groups is 1. The highest BCUT2D eigenvalue weighted by atomic mass is 32.2. The van der Waals surface area contributed by atoms with E-state index in [1.54, 1.807) is 24.3 Å². The third-order valence-electron chi connectivity index (χ3n) is 4.26. The molecule has 1 heterocycles. The normalized spacial score (nSPS) is 11.7. The molecule has 29 heavy (non-hydrogen) atoms. The molecule has 0 spiro atoms. The van der Waals surface area contributed by atoms with Gasteiger partial charge in [0.1, 0.15) is 12.4 Å². The number of sulfonamides is 1. The van der Waals surface area contributed by atoms with Crippen LogP contribution in [-0.2, 0) is 21.3 Å². The van der Waals surface area contributed by atoms with Crippen LogP contribution >= 0.6 is 0 Å². The Hall–Kier alpha value is -3.11. The summed E-state index contributed by atoms with van der Waals surface area (Å²) >= 11 is 0. The van der Waals surface area contributed by atoms with Gasteiger partial charge in [0.15, 0.2) is 5.58 Å². The Bertz CT molecular complexity index is 1210. The van der Waals surface area contributed by atoms with Gasteiger partial charge in [0.05, 0.1) is 29.6 Å². The molecule has 0 N–H and O–H groups in total. The fourth-order valence-electron chi connectivity index (χ4n) is 2.72. The molecule has 154 valence electrons. The van der Waals surface area contributed by atoms with Crippen molar-refractivity contribution in [3.8, 4) is 5.75 Å². The van der Waals surface area contributed by atoms with Crippen molar-refractivity contribution in [1.82, 2.24) is 8.87 Å². The second-order valence-corrected chi connectivity index (χ2v) is 8.46. The number of fused-ring (bicyclic) bond motifs is 1. The lowest BCUT2D eigenvalue weighted by Gasteiger charge is -2.11. The largest absolute Gasteiger partial charge is 0.492 e. The summed E-state index contributed by atoms with van der Waals surface area (Å²) in [7, 11) is 0.502. The van der Waals surface area contributed by atoms with Crippen LogP contribution in [0.5, 0.6) is 5.75 Å². The second kappa shape index (κ2) is 8.10. The number of aromatic nitrogens is 1. The lowest BCUT2D eigenvalue weighted by atomic mass is 10.2. The Morgan fingerprint density at radius 2 is 1.93 bits per heavy atom. The fourth-order valence-corrected chi connectivity index (χ4v) is 3.63. The minimum atomic E-state index is -3.64. The maximum atomic E-state index is 12.2. The van der Waals surface area contributed by atoms with Gasteiger partial charge in [-0.15, -0.1) is 0 Å². The molecule has 0 aliphatic carbocycles. The van der Waals surface area contributed by atoms with E-state index in [0.29, 0.717) is 16.8 Å². The van der Waals surface area contributed by atoms with Crippen molar-refractivity contribution >= 4 is 27.1 Å². The summed E-state index contributed by atoms with van der Waals surface area (Å²) in [5.41, 5.74) is 0.982. The molecular formula is C19H20N2O7S. The van der Waals surface area contributed by atoms with Gasteiger partial charge in [-0.05, 0) is 30.3 Å². The van der Waals surface area contributed by atoms with E-state index >= 15 is 0 Å². The van der Waals surface area contributed by atoms with Crippen molar-refractivity contribution in [3.05, 3.63) is 58.6 Å². The van der Waals surface area contributed by atoms with E-state index in [1.165, 1.54) is 44.0 Å². The molecule has 0 fully saturated rings. The molecule has 0 bridgehead atoms. The third kappa shape index (κ3) is 4.17. The van der Waals surface area contributed by atoms with E-state index in [4.69, 9.17) is 9.15 Å². The number of esters is 1. The Morgan fingerprint density at radius 3 is 2.62 bits per heavy atom. The summed E-state index contributed by atoms with van der Waals surface area (Å²) in [5.74, 6) is -0.643. The minimum absolute atomic E-state index is 0.0341. The van der Waals surface area contributed by atoms with E-state index in [0.717, 1.165) is 4.31 Å². The van der Waals surface area contributed by atoms with Crippen LogP contribution in [0.4, 0.5) is 0 Å². The molecule has 0 unspecified atom stereocenters. The van der Waals surface area contributed by atoms with Crippen molar-refractivity contribution < 1.29 is 27.1 Å². The van der Waals surface area contributed by atoms with Gasteiger partial charge in [0.25, 0.3) is 0 Å². The number of methoxy groups -OCH3 is 1. The number of benzene rings is 2. The van der Waals surface area contributed by atoms with Gasteiger partial charge in [-0.1, -0.05) is 6.07 Å². The molecule has 3 rings (SSSR count). The average molecular weight is 420 g/mol. The lowest BCUT2D eigenvalue weighted by molar-refractivity contribution is 0.0600. The van der Waals surface area contributed by atoms with E-state index in [-0.39, 0.29) is 23.6 Å². The third-order valence-corrected chi connectivity index (χ3v) is 6.07. The summed E-state index contributed by atoms with van der Waals surface area (Å²) in [5, 5.41) is 0. The molecule has 3 aromatic rings. The molecule has 1 aromatic heterocycles. The Balaban J connectivity index is 1.78. The first kappa shape index (κ1) is 20.6. The van der Waals surface area contributed by atoms with Crippen molar-refractivity contribution in [1.29, 1.82) is 0 Å². The Morgan fingerprint density at radius 1 is 1.17 bits per heavy atom. The highest BCUT2D eigenvalue weighted by Crippen LogP contribution is 2.20. The maximum Gasteiger partial charge on any atom is 0.420 e. The summed E-state index contributed by atoms with van der Waals surface area (Å²) in [4.78, 5) is 23.8. The van der Waals surface area contributed by atoms with Gasteiger partial charge in [-0.3, -0.25) is 4.57 Å². The van der Waals surface area contributed by atoms with E-state index in [2.05, 4.69) is 4.74 Å². The van der Waals surface area contributed by atoms with Crippen LogP contribution in [0.3, 0.4) is 0 Å². The highest BCUT2D eigenvalue weighted by molar-refractivity contribution is 7.89. The standard InChI is InChI=1S/C19H20N2O7S/c1-20(2)29(24,25)15-7-8-16-17(12-15)28-19(23)21(16)9-10-27-14-6-4-5-13(11-14)18(22)26-3/h4-8,11-12H,9-10H2,1-3H3. The van der Waals surface area contributed by atoms with Crippen molar-refractivity contribution in [2.24, 2.45) is 0 Å². The number of hydrogen-bond acceptors (Lipinski definition) is 7. The first-order chi connectivity index (χ1) is 13.7. The van der Waals surface area contributed by atoms with Crippen LogP contribution < -0.4 is 10.5 Å². The van der Waals surface area contributed by atoms with Gasteiger partial charge in [-0.25, -0.2) is 22.3 Å². The first-order valence-electron chi connectivity index (χ1n) is 8.61. The van der Waals surface area contributed by atoms with Gasteiger partial charge >= 0.3 is 11.7 Å². The van der Waals surface area contributed by atoms with Crippen LogP contribution in [0, 0.1) is 0 Å². The van der Waals surface area contributed by atoms with Crippen molar-refractivity contribution in [2.75, 3.05) is 27.8 Å². The zero-order valence-electron chi connectivity index (χ0n) is 16.1. The Kier molecular flexibility index (Phi) is 5.76. The van der Waals surface area contributed by atoms with Gasteiger partial charge in [-0.2, -0.15) is 0 Å². The van der Waals surface area contributed by atoms with Crippen molar-refractivity contribution in [2.45, 2.75) is 11.4 Å². The summed E-state index contributed by atoms with van der Waals surface area (Å²) < 4.78 is 42.4. The predicted molar refractivity (Wildman–Crippen MR) is 105 cm³/mol. The fraction of sp³-hybridized carbons (Fsp3) is 0.263. The molecule has 0 saturated carbocycles. The average Bonchev–Trinajstić information content (AvgIpc) is 3.02. The molecule has 10 heteroatoms. The number of carbonyl (C=O) groups excluding carboxylic acids is 1. The molecule has 0 amide bonds. The van der Waals surface area contributed by atoms with Crippen LogP contribution in [-0.4, -0.2) is 51.1 Å². The molecule has 0 aliphatic rings. The monoisotopic (exact) mass is 420 g/mol. The van der Waals surface area contributed by atoms with E-state index < -0.39 is 21.7 Å². The maximum absolute atomic E-state index is 12.2. The Labute approximate surface area is 167 Å². The van der Waals surface area contributed by atoms with Gasteiger partial charge in [0, 0.05) is 20.2 Å². The number of ether oxygens (including phenoxy) is 2. The van der Waals surface area contributed by atoms with Crippen LogP contribution in [0.1, 0.15) is 10.4 Å². The summed E-state index contributed by atoms with van der Waals surface area (Å²) in [6, 6.07) is 10.8. The predicted octanol–water partition coefficient (Wildman–Crippen LogP) is 1.71. The zero-order chi connectivity index (χ0) is 21.2. The first-order valence-corrected chi connectivity index (χ1v) is 10.0. The van der Waals surface area contributed by atoms with Crippen LogP contribution in [0.25, 0.3) is 11.1 Å². The highest BCUT2D eigenvalue weighted by Gasteiger charge is 2.19. The second-order valence-electron chi connectivity index (χ2n) is 6.30. The molecule has 2 aromatic carbocycles. The van der Waals surface area contributed by atoms with E-state index in [9.17, 15) is 18.0 Å². The molecule has 0 saturated heterocycles. The van der Waals surface area contributed by atoms with Gasteiger partial charge in [0.2, 0.25) is 10.0 Å². The number of rotatable bonds is 7. The number of nitrogens with zero attached hydrogens (tertiary/aromatic N) is 2. The SMILES string of the molecule is COC(=O)c1cccc(OCCn2c(=O)oc3cc(S(=O)(=O)N(C)C)ccc32)c1. The van der Waals surface area contributed by atoms with Crippen LogP contribution in [0.15, 0.2) is 56.6 Å².